The number of hydrogen-bond donors (Lipinski definition) is 2. The molecule has 0 spiro atoms. The van der Waals surface area contributed by atoms with E-state index in [1.54, 1.807) is 36.4 Å². The number of alkyl halides is 6. The first-order valence-corrected chi connectivity index (χ1v) is 42.9. The van der Waals surface area contributed by atoms with Gasteiger partial charge in [-0.2, -0.15) is 9.97 Å². The van der Waals surface area contributed by atoms with Gasteiger partial charge in [-0.05, 0) is 163 Å². The highest BCUT2D eigenvalue weighted by Gasteiger charge is 2.66. The van der Waals surface area contributed by atoms with Gasteiger partial charge in [0, 0.05) is 62.4 Å². The van der Waals surface area contributed by atoms with Gasteiger partial charge < -0.3 is 38.2 Å². The smallest absolute Gasteiger partial charge is 0.307 e. The fourth-order valence-electron chi connectivity index (χ4n) is 16.7. The summed E-state index contributed by atoms with van der Waals surface area (Å²) in [4.78, 5) is 126. The van der Waals surface area contributed by atoms with E-state index in [1.807, 2.05) is 76.3 Å². The molecule has 2 saturated heterocycles. The fourth-order valence-corrected chi connectivity index (χ4v) is 19.6. The van der Waals surface area contributed by atoms with Crippen molar-refractivity contribution in [3.63, 3.8) is 0 Å². The zero-order valence-corrected chi connectivity index (χ0v) is 69.4. The second kappa shape index (κ2) is 33.8. The molecule has 4 saturated carbocycles. The third kappa shape index (κ3) is 18.8. The number of rotatable bonds is 22. The van der Waals surface area contributed by atoms with Gasteiger partial charge in [0.15, 0.2) is 22.8 Å². The second-order valence-corrected chi connectivity index (χ2v) is 39.2. The van der Waals surface area contributed by atoms with Crippen molar-refractivity contribution >= 4 is 88.7 Å². The molecule has 2 N–H and O–H groups in total. The molecule has 4 aliphatic heterocycles. The molecule has 14 atom stereocenters. The number of ketones is 2. The molecule has 24 nitrogen and oxygen atoms in total. The molecule has 116 heavy (non-hydrogen) atoms. The van der Waals surface area contributed by atoms with Crippen LogP contribution in [0.25, 0.3) is 21.5 Å². The van der Waals surface area contributed by atoms with Crippen LogP contribution in [0, 0.1) is 58.2 Å². The lowest BCUT2D eigenvalue weighted by Gasteiger charge is -2.34. The lowest BCUT2D eigenvalue weighted by molar-refractivity contribution is -0.197. The van der Waals surface area contributed by atoms with E-state index in [9.17, 15) is 81.5 Å². The topological polar surface area (TPSA) is 317 Å². The number of nitrogens with one attached hydrogen (secondary N) is 2. The van der Waals surface area contributed by atoms with Crippen molar-refractivity contribution in [2.75, 3.05) is 40.7 Å². The van der Waals surface area contributed by atoms with E-state index in [4.69, 9.17) is 28.4 Å². The molecule has 2 unspecified atom stereocenters. The molecule has 4 aromatic rings. The number of esters is 2. The van der Waals surface area contributed by atoms with Crippen molar-refractivity contribution in [2.45, 2.75) is 242 Å². The van der Waals surface area contributed by atoms with Crippen LogP contribution in [0.5, 0.6) is 23.5 Å². The number of allylic oxidation sites excluding steroid dienone is 4. The lowest BCUT2D eigenvalue weighted by Crippen LogP contribution is -2.49. The van der Waals surface area contributed by atoms with Crippen LogP contribution in [-0.2, 0) is 67.9 Å². The maximum atomic E-state index is 14.9. The highest BCUT2D eigenvalue weighted by atomic mass is 32.2. The maximum absolute atomic E-state index is 14.9. The molecule has 2 aromatic heterocycles. The van der Waals surface area contributed by atoms with E-state index in [2.05, 4.69) is 19.4 Å². The number of carbonyl (C=O) groups excluding carboxylic acids is 8. The largest absolute Gasteiger partial charge is 0.481 e. The van der Waals surface area contributed by atoms with Crippen LogP contribution in [-0.4, -0.2) is 181 Å². The van der Waals surface area contributed by atoms with Gasteiger partial charge in [-0.1, -0.05) is 88.4 Å². The summed E-state index contributed by atoms with van der Waals surface area (Å²) >= 11 is 0. The third-order valence-electron chi connectivity index (χ3n) is 25.6. The predicted octanol–water partition coefficient (Wildman–Crippen LogP) is 13.0. The summed E-state index contributed by atoms with van der Waals surface area (Å²) in [6.07, 6.45) is 7.96. The first-order valence-electron chi connectivity index (χ1n) is 40.0. The van der Waals surface area contributed by atoms with Crippen molar-refractivity contribution < 1.29 is 110 Å². The minimum atomic E-state index is -4.39. The maximum Gasteiger partial charge on any atom is 0.307 e. The van der Waals surface area contributed by atoms with Crippen LogP contribution in [0.4, 0.5) is 26.3 Å². The number of ether oxygens (including phenoxy) is 6. The predicted molar refractivity (Wildman–Crippen MR) is 416 cm³/mol. The van der Waals surface area contributed by atoms with Crippen LogP contribution >= 0.6 is 0 Å². The Morgan fingerprint density at radius 1 is 0.543 bits per heavy atom. The van der Waals surface area contributed by atoms with E-state index in [0.29, 0.717) is 63.1 Å². The number of Topliss-reactive ketones (excluding diaryl/α,β-unsaturated/α-hetero) is 2. The Bertz CT molecular complexity index is 4430. The Kier molecular flexibility index (Phi) is 25.7. The van der Waals surface area contributed by atoms with Crippen molar-refractivity contribution in [2.24, 2.45) is 58.2 Å². The molecule has 6 fully saturated rings. The van der Waals surface area contributed by atoms with Crippen molar-refractivity contribution in [1.29, 1.82) is 0 Å². The zero-order valence-electron chi connectivity index (χ0n) is 67.8. The Morgan fingerprint density at radius 3 is 1.22 bits per heavy atom. The Balaban J connectivity index is 0.000000228. The molecule has 2 aromatic carbocycles. The molecular weight excluding hydrogens is 1560 g/mol. The summed E-state index contributed by atoms with van der Waals surface area (Å²) in [5, 5.41) is 2.83. The SMILES string of the molecule is COc1cc2ccccc2c(O[C@@H]2C[C@H]3C(=O)C[C@]4(C(=O)NS(=O)(=O)C5(CF)CC5)C[C@H]4/C=C\CC[C@@H](C)C[C@@H](C)C(CC(=O)OC(C)(C)C(C)(F)F)C(=O)N3C2)n1.COc1cc2ccccc2c(O[C@@H]2C[C@H]3C(=O)C[C@]4(C(=O)NS(=O)(=O)C5(CF)CC5)C[C@H]4/C=C\CC[C@H](C)C[C@@H](C)C(CC(=O)OC(C)(C)C(C)(F)F)C(=O)N3C2)n1. The van der Waals surface area contributed by atoms with E-state index in [0.717, 1.165) is 38.5 Å². The molecule has 8 aliphatic rings. The number of amides is 4. The van der Waals surface area contributed by atoms with Crippen LogP contribution in [0.3, 0.4) is 0 Å². The van der Waals surface area contributed by atoms with Gasteiger partial charge in [0.1, 0.15) is 35.1 Å². The van der Waals surface area contributed by atoms with Crippen molar-refractivity contribution in [3.8, 4) is 23.5 Å². The minimum absolute atomic E-state index is 0.0315. The average molecular weight is 1670 g/mol. The summed E-state index contributed by atoms with van der Waals surface area (Å²) in [5.74, 6) is -15.8. The number of pyridine rings is 2. The number of aromatic nitrogens is 2. The van der Waals surface area contributed by atoms with Crippen molar-refractivity contribution in [3.05, 3.63) is 85.0 Å². The van der Waals surface area contributed by atoms with Gasteiger partial charge in [-0.25, -0.2) is 43.2 Å². The van der Waals surface area contributed by atoms with Gasteiger partial charge in [0.25, 0.3) is 11.8 Å². The molecular formula is C84H108F6N6O18S2. The molecule has 6 heterocycles. The first-order chi connectivity index (χ1) is 54.3. The van der Waals surface area contributed by atoms with E-state index >= 15 is 0 Å². The van der Waals surface area contributed by atoms with Crippen molar-refractivity contribution in [1.82, 2.24) is 29.2 Å². The third-order valence-corrected chi connectivity index (χ3v) is 29.8. The summed E-state index contributed by atoms with van der Waals surface area (Å²) in [7, 11) is -5.87. The van der Waals surface area contributed by atoms with Crippen LogP contribution < -0.4 is 28.4 Å². The monoisotopic (exact) mass is 1670 g/mol. The summed E-state index contributed by atoms with van der Waals surface area (Å²) in [6, 6.07) is 15.7. The second-order valence-electron chi connectivity index (χ2n) is 35.1. The molecule has 636 valence electrons. The Morgan fingerprint density at radius 2 is 0.897 bits per heavy atom. The molecule has 0 radical (unpaired) electrons. The van der Waals surface area contributed by atoms with E-state index < -0.39 is 209 Å². The van der Waals surface area contributed by atoms with E-state index in [-0.39, 0.29) is 99.8 Å². The number of halogens is 6. The van der Waals surface area contributed by atoms with Gasteiger partial charge in [-0.15, -0.1) is 0 Å². The van der Waals surface area contributed by atoms with Crippen LogP contribution in [0.15, 0.2) is 85.0 Å². The number of sulfonamides is 2. The number of fused-ring (bicyclic) bond motifs is 6. The minimum Gasteiger partial charge on any atom is -0.481 e. The molecule has 4 aliphatic carbocycles. The fraction of sp³-hybridized carbons (Fsp3) is 0.643. The average Bonchev–Trinajstić information content (AvgIpc) is 1.56. The Labute approximate surface area is 673 Å². The van der Waals surface area contributed by atoms with Gasteiger partial charge in [0.05, 0.1) is 74.9 Å². The summed E-state index contributed by atoms with van der Waals surface area (Å²) in [6.45, 7) is 10.8. The first kappa shape index (κ1) is 88.4. The number of hydrogen-bond acceptors (Lipinski definition) is 20. The molecule has 32 heteroatoms. The summed E-state index contributed by atoms with van der Waals surface area (Å²) in [5.41, 5.74) is -7.27. The van der Waals surface area contributed by atoms with Crippen LogP contribution in [0.1, 0.15) is 185 Å². The highest BCUT2D eigenvalue weighted by molar-refractivity contribution is 7.92. The van der Waals surface area contributed by atoms with Gasteiger partial charge in [0.2, 0.25) is 67.2 Å². The van der Waals surface area contributed by atoms with E-state index in [1.165, 1.54) is 24.0 Å². The number of methoxy groups -OCH3 is 2. The summed E-state index contributed by atoms with van der Waals surface area (Å²) < 4.78 is 174. The quantitative estimate of drug-likeness (QED) is 0.0419. The normalized spacial score (nSPS) is 29.6. The van der Waals surface area contributed by atoms with Gasteiger partial charge >= 0.3 is 11.9 Å². The number of benzene rings is 2. The number of carbonyl (C=O) groups is 8. The zero-order chi connectivity index (χ0) is 84.8. The Hall–Kier alpha value is -8.42. The van der Waals surface area contributed by atoms with Crippen LogP contribution in [0.2, 0.25) is 0 Å². The standard InChI is InChI=1S/2C42H54F3N3O9S/c2*1-25-11-7-9-13-28-21-42(28,38(52)47-58(53,54)41(24-43)15-16-41)22-33(49)32-19-29(56-36-30-14-10-8-12-27(30)18-34(46-36)55-6)23-48(32)37(51)31(26(2)17-25)20-35(50)57-39(3,4)40(5,44)45/h2*8-10,12-14,18,25-26,28-29,31-32H,7,11,15-17,19-24H2,1-6H3,(H,47,52)/b2*13-9-/t25-,26+,28+,29+,31?,32-,42+;25-,26-,28-,29-,31?,32+,42-/m01/s1. The molecule has 0 bridgehead atoms. The molecule has 12 rings (SSSR count). The number of nitrogens with zero attached hydrogens (tertiary/aromatic N) is 4. The highest BCUT2D eigenvalue weighted by Crippen LogP contribution is 2.60. The van der Waals surface area contributed by atoms with Gasteiger partial charge in [-0.3, -0.25) is 47.8 Å². The molecule has 4 amide bonds. The lowest BCUT2D eigenvalue weighted by atomic mass is 9.82.